The van der Waals surface area contributed by atoms with Crippen molar-refractivity contribution in [2.24, 2.45) is 0 Å². The first-order valence-electron chi connectivity index (χ1n) is 5.15. The zero-order valence-electron chi connectivity index (χ0n) is 9.64. The molecule has 1 heterocycles. The second-order valence-corrected chi connectivity index (χ2v) is 5.67. The van der Waals surface area contributed by atoms with Crippen LogP contribution < -0.4 is 4.90 Å². The Kier molecular flexibility index (Phi) is 3.81. The molecule has 3 nitrogen and oxygen atoms in total. The number of hydrogen-bond acceptors (Lipinski definition) is 4. The molecule has 0 aliphatic carbocycles. The summed E-state index contributed by atoms with van der Waals surface area (Å²) in [5.41, 5.74) is 2.23. The summed E-state index contributed by atoms with van der Waals surface area (Å²) in [6, 6.07) is 8.20. The third-order valence-corrected chi connectivity index (χ3v) is 4.43. The molecule has 1 aromatic heterocycles. The van der Waals surface area contributed by atoms with Crippen LogP contribution in [0.4, 0.5) is 5.69 Å². The summed E-state index contributed by atoms with van der Waals surface area (Å²) in [5, 5.41) is 10.1. The van der Waals surface area contributed by atoms with Crippen LogP contribution in [-0.2, 0) is 6.61 Å². The molecule has 0 saturated carbocycles. The molecule has 0 fully saturated rings. The molecule has 0 aliphatic rings. The Morgan fingerprint density at radius 3 is 2.41 bits per heavy atom. The van der Waals surface area contributed by atoms with E-state index >= 15 is 0 Å². The van der Waals surface area contributed by atoms with Gasteiger partial charge in [-0.1, -0.05) is 0 Å². The Labute approximate surface area is 113 Å². The first-order chi connectivity index (χ1) is 8.11. The van der Waals surface area contributed by atoms with Crippen molar-refractivity contribution in [1.82, 2.24) is 4.98 Å². The lowest BCUT2D eigenvalue weighted by Crippen LogP contribution is -2.07. The van der Waals surface area contributed by atoms with Gasteiger partial charge >= 0.3 is 0 Å². The van der Waals surface area contributed by atoms with Gasteiger partial charge in [-0.15, -0.1) is 11.3 Å². The molecule has 0 radical (unpaired) electrons. The summed E-state index contributed by atoms with van der Waals surface area (Å²) in [4.78, 5) is 7.30. The quantitative estimate of drug-likeness (QED) is 0.946. The van der Waals surface area contributed by atoms with Gasteiger partial charge in [0.05, 0.1) is 11.5 Å². The van der Waals surface area contributed by atoms with Crippen LogP contribution in [0.2, 0.25) is 0 Å². The van der Waals surface area contributed by atoms with Crippen molar-refractivity contribution < 1.29 is 5.11 Å². The van der Waals surface area contributed by atoms with Crippen molar-refractivity contribution in [1.29, 1.82) is 0 Å². The van der Waals surface area contributed by atoms with Crippen molar-refractivity contribution in [2.75, 3.05) is 19.0 Å². The Morgan fingerprint density at radius 2 is 1.94 bits per heavy atom. The highest BCUT2D eigenvalue weighted by Gasteiger charge is 2.09. The van der Waals surface area contributed by atoms with E-state index < -0.39 is 0 Å². The average Bonchev–Trinajstić information content (AvgIpc) is 2.70. The van der Waals surface area contributed by atoms with Crippen molar-refractivity contribution in [3.63, 3.8) is 0 Å². The standard InChI is InChI=1S/C12H13BrN2OS/c1-15(2)9-5-3-8(4-6-9)12-14-11(13)10(7-16)17-12/h3-6,16H,7H2,1-2H3. The number of thiazole rings is 1. The van der Waals surface area contributed by atoms with Crippen LogP contribution >= 0.6 is 27.3 Å². The molecule has 0 atom stereocenters. The van der Waals surface area contributed by atoms with Crippen molar-refractivity contribution in [3.05, 3.63) is 33.7 Å². The summed E-state index contributed by atoms with van der Waals surface area (Å²) in [5.74, 6) is 0. The summed E-state index contributed by atoms with van der Waals surface area (Å²) in [6.07, 6.45) is 0. The molecule has 1 aromatic carbocycles. The number of aliphatic hydroxyl groups is 1. The molecule has 1 N–H and O–H groups in total. The van der Waals surface area contributed by atoms with Crippen LogP contribution in [-0.4, -0.2) is 24.2 Å². The maximum Gasteiger partial charge on any atom is 0.125 e. The molecule has 0 bridgehead atoms. The lowest BCUT2D eigenvalue weighted by molar-refractivity contribution is 0.284. The monoisotopic (exact) mass is 312 g/mol. The van der Waals surface area contributed by atoms with E-state index in [9.17, 15) is 0 Å². The fourth-order valence-corrected chi connectivity index (χ4v) is 2.94. The highest BCUT2D eigenvalue weighted by molar-refractivity contribution is 9.10. The molecule has 2 aromatic rings. The van der Waals surface area contributed by atoms with Gasteiger partial charge in [0.2, 0.25) is 0 Å². The van der Waals surface area contributed by atoms with Crippen molar-refractivity contribution >= 4 is 33.0 Å². The van der Waals surface area contributed by atoms with E-state index in [0.29, 0.717) is 0 Å². The van der Waals surface area contributed by atoms with Gasteiger partial charge in [-0.3, -0.25) is 0 Å². The molecule has 0 saturated heterocycles. The van der Waals surface area contributed by atoms with Crippen LogP contribution in [0.1, 0.15) is 4.88 Å². The predicted molar refractivity (Wildman–Crippen MR) is 75.5 cm³/mol. The Morgan fingerprint density at radius 1 is 1.29 bits per heavy atom. The number of anilines is 1. The first-order valence-corrected chi connectivity index (χ1v) is 6.76. The van der Waals surface area contributed by atoms with Crippen LogP contribution in [0.3, 0.4) is 0 Å². The zero-order chi connectivity index (χ0) is 12.4. The number of aliphatic hydroxyl groups excluding tert-OH is 1. The third-order valence-electron chi connectivity index (χ3n) is 2.42. The highest BCUT2D eigenvalue weighted by Crippen LogP contribution is 2.31. The maximum absolute atomic E-state index is 9.13. The predicted octanol–water partition coefficient (Wildman–Crippen LogP) is 3.13. The van der Waals surface area contributed by atoms with Crippen molar-refractivity contribution in [2.45, 2.75) is 6.61 Å². The molecular formula is C12H13BrN2OS. The Bertz CT molecular complexity index is 508. The van der Waals surface area contributed by atoms with Crippen LogP contribution in [0.15, 0.2) is 28.9 Å². The van der Waals surface area contributed by atoms with Crippen LogP contribution in [0.5, 0.6) is 0 Å². The summed E-state index contributed by atoms with van der Waals surface area (Å²) >= 11 is 4.85. The van der Waals surface area contributed by atoms with Gasteiger partial charge in [-0.05, 0) is 40.2 Å². The van der Waals surface area contributed by atoms with E-state index in [2.05, 4.69) is 37.9 Å². The van der Waals surface area contributed by atoms with Gasteiger partial charge < -0.3 is 10.0 Å². The Hall–Kier alpha value is -0.910. The first kappa shape index (κ1) is 12.5. The molecule has 2 rings (SSSR count). The second kappa shape index (κ2) is 5.16. The van der Waals surface area contributed by atoms with Gasteiger partial charge in [0.1, 0.15) is 9.61 Å². The molecule has 90 valence electrons. The number of rotatable bonds is 3. The van der Waals surface area contributed by atoms with E-state index in [0.717, 1.165) is 25.7 Å². The molecule has 0 amide bonds. The minimum Gasteiger partial charge on any atom is -0.391 e. The molecule has 0 spiro atoms. The van der Waals surface area contributed by atoms with E-state index in [1.54, 1.807) is 0 Å². The van der Waals surface area contributed by atoms with Crippen LogP contribution in [0.25, 0.3) is 10.6 Å². The SMILES string of the molecule is CN(C)c1ccc(-c2nc(Br)c(CO)s2)cc1. The molecular weight excluding hydrogens is 300 g/mol. The summed E-state index contributed by atoms with van der Waals surface area (Å²) in [7, 11) is 4.03. The fraction of sp³-hybridized carbons (Fsp3) is 0.250. The number of halogens is 1. The van der Waals surface area contributed by atoms with E-state index in [-0.39, 0.29) is 6.61 Å². The number of hydrogen-bond donors (Lipinski definition) is 1. The lowest BCUT2D eigenvalue weighted by atomic mass is 10.2. The molecule has 17 heavy (non-hydrogen) atoms. The second-order valence-electron chi connectivity index (χ2n) is 3.83. The topological polar surface area (TPSA) is 36.4 Å². The summed E-state index contributed by atoms with van der Waals surface area (Å²) < 4.78 is 0.733. The van der Waals surface area contributed by atoms with E-state index in [1.165, 1.54) is 11.3 Å². The van der Waals surface area contributed by atoms with Gasteiger partial charge in [-0.2, -0.15) is 0 Å². The van der Waals surface area contributed by atoms with Crippen LogP contribution in [0, 0.1) is 0 Å². The molecule has 0 aliphatic heterocycles. The highest BCUT2D eigenvalue weighted by atomic mass is 79.9. The lowest BCUT2D eigenvalue weighted by Gasteiger charge is -2.11. The largest absolute Gasteiger partial charge is 0.391 e. The minimum atomic E-state index is 0.0219. The minimum absolute atomic E-state index is 0.0219. The number of aromatic nitrogens is 1. The third kappa shape index (κ3) is 2.68. The number of nitrogens with zero attached hydrogens (tertiary/aromatic N) is 2. The maximum atomic E-state index is 9.13. The van der Waals surface area contributed by atoms with Crippen molar-refractivity contribution in [3.8, 4) is 10.6 Å². The van der Waals surface area contributed by atoms with E-state index in [4.69, 9.17) is 5.11 Å². The summed E-state index contributed by atoms with van der Waals surface area (Å²) in [6.45, 7) is 0.0219. The normalized spacial score (nSPS) is 10.6. The van der Waals surface area contributed by atoms with Gasteiger partial charge in [0.25, 0.3) is 0 Å². The van der Waals surface area contributed by atoms with Gasteiger partial charge in [-0.25, -0.2) is 4.98 Å². The van der Waals surface area contributed by atoms with Gasteiger partial charge in [0.15, 0.2) is 0 Å². The zero-order valence-corrected chi connectivity index (χ0v) is 12.0. The fourth-order valence-electron chi connectivity index (χ4n) is 1.46. The Balaban J connectivity index is 2.33. The van der Waals surface area contributed by atoms with Gasteiger partial charge in [0, 0.05) is 25.3 Å². The number of benzene rings is 1. The molecule has 5 heteroatoms. The molecule has 0 unspecified atom stereocenters. The average molecular weight is 313 g/mol. The van der Waals surface area contributed by atoms with E-state index in [1.807, 2.05) is 26.2 Å². The smallest absolute Gasteiger partial charge is 0.125 e.